The summed E-state index contributed by atoms with van der Waals surface area (Å²) in [6.07, 6.45) is 0. The van der Waals surface area contributed by atoms with E-state index in [1.807, 2.05) is 17.0 Å². The van der Waals surface area contributed by atoms with Crippen LogP contribution in [0.2, 0.25) is 0 Å². The fourth-order valence-electron chi connectivity index (χ4n) is 1.64. The summed E-state index contributed by atoms with van der Waals surface area (Å²) < 4.78 is 0. The predicted molar refractivity (Wildman–Crippen MR) is 71.2 cm³/mol. The van der Waals surface area contributed by atoms with Gasteiger partial charge in [0.05, 0.1) is 18.9 Å². The van der Waals surface area contributed by atoms with Gasteiger partial charge in [-0.1, -0.05) is 5.10 Å². The Morgan fingerprint density at radius 1 is 1.05 bits per heavy atom. The van der Waals surface area contributed by atoms with Crippen LogP contribution in [0.15, 0.2) is 34.5 Å². The molecule has 1 heterocycles. The molecule has 0 aliphatic heterocycles. The molecule has 0 amide bonds. The second kappa shape index (κ2) is 7.26. The van der Waals surface area contributed by atoms with E-state index >= 15 is 0 Å². The molecule has 0 bridgehead atoms. The quantitative estimate of drug-likeness (QED) is 0.630. The molecule has 0 radical (unpaired) electrons. The van der Waals surface area contributed by atoms with Crippen LogP contribution in [0.3, 0.4) is 0 Å². The van der Waals surface area contributed by atoms with Gasteiger partial charge in [-0.2, -0.15) is 5.21 Å². The minimum absolute atomic E-state index is 0.0271. The van der Waals surface area contributed by atoms with E-state index in [2.05, 4.69) is 30.9 Å². The third-order valence-electron chi connectivity index (χ3n) is 2.54. The smallest absolute Gasteiger partial charge is 0.307 e. The lowest BCUT2D eigenvalue weighted by Crippen LogP contribution is -2.29. The number of azo groups is 1. The van der Waals surface area contributed by atoms with Crippen LogP contribution in [0.1, 0.15) is 0 Å². The molecule has 2 rings (SSSR count). The maximum Gasteiger partial charge on any atom is 0.307 e. The fourth-order valence-corrected chi connectivity index (χ4v) is 1.64. The monoisotopic (exact) mass is 277 g/mol. The van der Waals surface area contributed by atoms with E-state index in [0.29, 0.717) is 18.8 Å². The van der Waals surface area contributed by atoms with Crippen molar-refractivity contribution in [2.24, 2.45) is 10.2 Å². The van der Waals surface area contributed by atoms with Crippen LogP contribution in [-0.4, -0.2) is 57.1 Å². The van der Waals surface area contributed by atoms with Crippen molar-refractivity contribution < 1.29 is 10.2 Å². The Bertz CT molecular complexity index is 520. The molecule has 0 aliphatic rings. The van der Waals surface area contributed by atoms with E-state index in [1.165, 1.54) is 0 Å². The third-order valence-corrected chi connectivity index (χ3v) is 2.54. The second-order valence-corrected chi connectivity index (χ2v) is 3.86. The van der Waals surface area contributed by atoms with Crippen LogP contribution in [0.25, 0.3) is 0 Å². The van der Waals surface area contributed by atoms with Gasteiger partial charge < -0.3 is 15.1 Å². The Morgan fingerprint density at radius 3 is 2.30 bits per heavy atom. The number of benzene rings is 1. The Labute approximate surface area is 115 Å². The SMILES string of the molecule is OCCN(CCO)c1ccc(N=Nc2nn[nH]n2)cc1. The number of rotatable bonds is 7. The van der Waals surface area contributed by atoms with E-state index < -0.39 is 0 Å². The molecule has 9 heteroatoms. The zero-order valence-electron chi connectivity index (χ0n) is 10.7. The van der Waals surface area contributed by atoms with Crippen molar-refractivity contribution in [3.8, 4) is 0 Å². The summed E-state index contributed by atoms with van der Waals surface area (Å²) in [6.45, 7) is 0.979. The molecule has 0 saturated carbocycles. The molecule has 0 aliphatic carbocycles. The van der Waals surface area contributed by atoms with Crippen molar-refractivity contribution in [2.75, 3.05) is 31.2 Å². The van der Waals surface area contributed by atoms with Gasteiger partial charge in [-0.15, -0.1) is 15.3 Å². The number of anilines is 1. The summed E-state index contributed by atoms with van der Waals surface area (Å²) in [6, 6.07) is 7.24. The Morgan fingerprint density at radius 2 is 1.75 bits per heavy atom. The number of nitrogens with zero attached hydrogens (tertiary/aromatic N) is 6. The first-order valence-corrected chi connectivity index (χ1v) is 6.05. The summed E-state index contributed by atoms with van der Waals surface area (Å²) in [5.41, 5.74) is 1.54. The van der Waals surface area contributed by atoms with Crippen molar-refractivity contribution >= 4 is 17.3 Å². The van der Waals surface area contributed by atoms with Crippen LogP contribution >= 0.6 is 0 Å². The molecule has 0 saturated heterocycles. The molecule has 20 heavy (non-hydrogen) atoms. The molecular formula is C11H15N7O2. The first-order chi connectivity index (χ1) is 9.83. The highest BCUT2D eigenvalue weighted by Gasteiger charge is 2.05. The van der Waals surface area contributed by atoms with Gasteiger partial charge >= 0.3 is 5.95 Å². The molecular weight excluding hydrogens is 262 g/mol. The topological polar surface area (TPSA) is 123 Å². The zero-order valence-corrected chi connectivity index (χ0v) is 10.7. The fraction of sp³-hybridized carbons (Fsp3) is 0.364. The van der Waals surface area contributed by atoms with Gasteiger partial charge in [-0.05, 0) is 29.5 Å². The normalized spacial score (nSPS) is 11.1. The van der Waals surface area contributed by atoms with E-state index in [4.69, 9.17) is 10.2 Å². The van der Waals surface area contributed by atoms with E-state index in [0.717, 1.165) is 5.69 Å². The van der Waals surface area contributed by atoms with Crippen LogP contribution < -0.4 is 4.90 Å². The molecule has 0 fully saturated rings. The minimum Gasteiger partial charge on any atom is -0.395 e. The molecule has 0 atom stereocenters. The number of hydrogen-bond donors (Lipinski definition) is 3. The lowest BCUT2D eigenvalue weighted by molar-refractivity contribution is 0.281. The number of aliphatic hydroxyl groups is 2. The number of H-pyrrole nitrogens is 1. The Balaban J connectivity index is 2.05. The number of aromatic amines is 1. The van der Waals surface area contributed by atoms with Crippen LogP contribution in [0, 0.1) is 0 Å². The number of aliphatic hydroxyl groups excluding tert-OH is 2. The number of hydrogen-bond acceptors (Lipinski definition) is 8. The van der Waals surface area contributed by atoms with Gasteiger partial charge in [0.25, 0.3) is 0 Å². The highest BCUT2D eigenvalue weighted by atomic mass is 16.3. The highest BCUT2D eigenvalue weighted by molar-refractivity contribution is 5.52. The van der Waals surface area contributed by atoms with Crippen molar-refractivity contribution in [1.82, 2.24) is 20.6 Å². The van der Waals surface area contributed by atoms with Crippen molar-refractivity contribution in [3.05, 3.63) is 24.3 Å². The summed E-state index contributed by atoms with van der Waals surface area (Å²) in [7, 11) is 0. The van der Waals surface area contributed by atoms with Crippen molar-refractivity contribution in [3.63, 3.8) is 0 Å². The second-order valence-electron chi connectivity index (χ2n) is 3.86. The number of tetrazole rings is 1. The van der Waals surface area contributed by atoms with Gasteiger partial charge in [-0.3, -0.25) is 0 Å². The summed E-state index contributed by atoms with van der Waals surface area (Å²) in [5, 5.41) is 38.7. The maximum atomic E-state index is 8.99. The molecule has 106 valence electrons. The standard InChI is InChI=1S/C11H15N7O2/c19-7-5-18(6-8-20)10-3-1-9(2-4-10)12-13-11-14-16-17-15-11/h1-4,19-20H,5-8H2,(H,14,15,16,17). The van der Waals surface area contributed by atoms with Crippen molar-refractivity contribution in [2.45, 2.75) is 0 Å². The third kappa shape index (κ3) is 3.80. The van der Waals surface area contributed by atoms with Gasteiger partial charge in [0.15, 0.2) is 0 Å². The molecule has 0 unspecified atom stereocenters. The lowest BCUT2D eigenvalue weighted by Gasteiger charge is -2.22. The van der Waals surface area contributed by atoms with E-state index in [-0.39, 0.29) is 19.2 Å². The summed E-state index contributed by atoms with van der Waals surface area (Å²) >= 11 is 0. The van der Waals surface area contributed by atoms with Crippen molar-refractivity contribution in [1.29, 1.82) is 0 Å². The molecule has 9 nitrogen and oxygen atoms in total. The molecule has 2 aromatic rings. The van der Waals surface area contributed by atoms with Crippen LogP contribution in [0.4, 0.5) is 17.3 Å². The van der Waals surface area contributed by atoms with Gasteiger partial charge in [0.1, 0.15) is 0 Å². The Kier molecular flexibility index (Phi) is 5.09. The first-order valence-electron chi connectivity index (χ1n) is 6.05. The van der Waals surface area contributed by atoms with E-state index in [1.54, 1.807) is 12.1 Å². The van der Waals surface area contributed by atoms with Gasteiger partial charge in [-0.25, -0.2) is 0 Å². The number of aromatic nitrogens is 4. The van der Waals surface area contributed by atoms with E-state index in [9.17, 15) is 0 Å². The zero-order chi connectivity index (χ0) is 14.2. The predicted octanol–water partition coefficient (Wildman–Crippen LogP) is 0.406. The molecule has 1 aromatic heterocycles. The first kappa shape index (κ1) is 14.0. The van der Waals surface area contributed by atoms with Gasteiger partial charge in [0.2, 0.25) is 0 Å². The van der Waals surface area contributed by atoms with Crippen LogP contribution in [0.5, 0.6) is 0 Å². The minimum atomic E-state index is 0.0271. The molecule has 0 spiro atoms. The lowest BCUT2D eigenvalue weighted by atomic mass is 10.2. The molecule has 3 N–H and O–H groups in total. The average Bonchev–Trinajstić information content (AvgIpc) is 2.99. The summed E-state index contributed by atoms with van der Waals surface area (Å²) in [4.78, 5) is 1.88. The summed E-state index contributed by atoms with van der Waals surface area (Å²) in [5.74, 6) is 0.163. The average molecular weight is 277 g/mol. The van der Waals surface area contributed by atoms with Gasteiger partial charge in [0, 0.05) is 18.8 Å². The highest BCUT2D eigenvalue weighted by Crippen LogP contribution is 2.20. The number of nitrogens with one attached hydrogen (secondary N) is 1. The van der Waals surface area contributed by atoms with Crippen LogP contribution in [-0.2, 0) is 0 Å². The largest absolute Gasteiger partial charge is 0.395 e. The molecule has 1 aromatic carbocycles. The maximum absolute atomic E-state index is 8.99. The Hall–Kier alpha value is -2.39.